The highest BCUT2D eigenvalue weighted by Crippen LogP contribution is 2.44. The van der Waals surface area contributed by atoms with E-state index < -0.39 is 12.1 Å². The fourth-order valence-corrected chi connectivity index (χ4v) is 6.01. The van der Waals surface area contributed by atoms with E-state index in [9.17, 15) is 14.4 Å². The highest BCUT2D eigenvalue weighted by atomic mass is 16.5. The standard InChI is InChI=1S/C28H32N2O5/c31-26(32)15-18-11-13-30(14-12-18)27(33)19-9-10-20(16-19)29-28(34)35-17-25-23-7-3-1-5-21(23)22-6-2-4-8-24(22)25/h1-8,18-20,25H,9-17H2,(H,29,34)(H,31,32). The molecule has 2 aromatic rings. The Balaban J connectivity index is 1.10. The molecular formula is C28H32N2O5. The van der Waals surface area contributed by atoms with Crippen molar-refractivity contribution in [1.82, 2.24) is 10.2 Å². The molecule has 1 heterocycles. The molecule has 1 saturated heterocycles. The normalized spacial score (nSPS) is 21.9. The molecule has 2 aliphatic carbocycles. The summed E-state index contributed by atoms with van der Waals surface area (Å²) in [6.07, 6.45) is 3.37. The van der Waals surface area contributed by atoms with Crippen molar-refractivity contribution in [3.05, 3.63) is 59.7 Å². The van der Waals surface area contributed by atoms with E-state index in [4.69, 9.17) is 9.84 Å². The van der Waals surface area contributed by atoms with Gasteiger partial charge in [0.25, 0.3) is 0 Å². The van der Waals surface area contributed by atoms with Gasteiger partial charge in [-0.15, -0.1) is 0 Å². The summed E-state index contributed by atoms with van der Waals surface area (Å²) in [7, 11) is 0. The van der Waals surface area contributed by atoms with Gasteiger partial charge in [0.15, 0.2) is 0 Å². The van der Waals surface area contributed by atoms with Crippen molar-refractivity contribution in [2.45, 2.75) is 50.5 Å². The van der Waals surface area contributed by atoms with Crippen LogP contribution in [0.1, 0.15) is 55.6 Å². The lowest BCUT2D eigenvalue weighted by atomic mass is 9.92. The van der Waals surface area contributed by atoms with Crippen LogP contribution in [0.3, 0.4) is 0 Å². The third-order valence-corrected chi connectivity index (χ3v) is 7.84. The van der Waals surface area contributed by atoms with Gasteiger partial charge in [-0.25, -0.2) is 4.79 Å². The van der Waals surface area contributed by atoms with E-state index in [0.717, 1.165) is 25.7 Å². The summed E-state index contributed by atoms with van der Waals surface area (Å²) in [5.74, 6) is -0.550. The molecule has 0 bridgehead atoms. The zero-order chi connectivity index (χ0) is 24.4. The van der Waals surface area contributed by atoms with Crippen molar-refractivity contribution in [1.29, 1.82) is 0 Å². The molecule has 35 heavy (non-hydrogen) atoms. The number of nitrogens with one attached hydrogen (secondary N) is 1. The second-order valence-electron chi connectivity index (χ2n) is 10.0. The Morgan fingerprint density at radius 2 is 1.54 bits per heavy atom. The van der Waals surface area contributed by atoms with E-state index in [-0.39, 0.29) is 42.7 Å². The van der Waals surface area contributed by atoms with Gasteiger partial charge in [-0.3, -0.25) is 9.59 Å². The highest BCUT2D eigenvalue weighted by Gasteiger charge is 2.35. The molecule has 0 aromatic heterocycles. The molecule has 5 rings (SSSR count). The molecule has 0 spiro atoms. The third kappa shape index (κ3) is 5.04. The summed E-state index contributed by atoms with van der Waals surface area (Å²) in [4.78, 5) is 38.4. The van der Waals surface area contributed by atoms with Gasteiger partial charge < -0.3 is 20.1 Å². The van der Waals surface area contributed by atoms with Crippen LogP contribution in [-0.4, -0.2) is 53.7 Å². The Bertz CT molecular complexity index is 1060. The van der Waals surface area contributed by atoms with E-state index in [1.54, 1.807) is 0 Å². The van der Waals surface area contributed by atoms with Crippen LogP contribution in [0.2, 0.25) is 0 Å². The average molecular weight is 477 g/mol. The first kappa shape index (κ1) is 23.4. The van der Waals surface area contributed by atoms with Crippen LogP contribution in [0, 0.1) is 11.8 Å². The number of likely N-dealkylation sites (tertiary alicyclic amines) is 1. The summed E-state index contributed by atoms with van der Waals surface area (Å²) in [6, 6.07) is 16.4. The first-order valence-corrected chi connectivity index (χ1v) is 12.6. The number of amides is 2. The summed E-state index contributed by atoms with van der Waals surface area (Å²) in [5.41, 5.74) is 4.75. The Morgan fingerprint density at radius 1 is 0.914 bits per heavy atom. The number of aliphatic carboxylic acids is 1. The predicted molar refractivity (Wildman–Crippen MR) is 131 cm³/mol. The van der Waals surface area contributed by atoms with E-state index >= 15 is 0 Å². The second-order valence-corrected chi connectivity index (χ2v) is 10.0. The lowest BCUT2D eigenvalue weighted by molar-refractivity contribution is -0.139. The van der Waals surface area contributed by atoms with Gasteiger partial charge in [0, 0.05) is 37.4 Å². The molecule has 7 heteroatoms. The summed E-state index contributed by atoms with van der Waals surface area (Å²) < 4.78 is 5.66. The maximum absolute atomic E-state index is 13.0. The number of benzene rings is 2. The van der Waals surface area contributed by atoms with E-state index in [0.29, 0.717) is 19.5 Å². The number of fused-ring (bicyclic) bond motifs is 3. The van der Waals surface area contributed by atoms with Crippen molar-refractivity contribution in [3.8, 4) is 11.1 Å². The lowest BCUT2D eigenvalue weighted by Crippen LogP contribution is -2.42. The molecular weight excluding hydrogens is 444 g/mol. The molecule has 184 valence electrons. The molecule has 2 fully saturated rings. The minimum atomic E-state index is -0.771. The first-order valence-electron chi connectivity index (χ1n) is 12.6. The molecule has 2 N–H and O–H groups in total. The zero-order valence-electron chi connectivity index (χ0n) is 19.8. The minimum Gasteiger partial charge on any atom is -0.481 e. The zero-order valence-corrected chi connectivity index (χ0v) is 19.8. The van der Waals surface area contributed by atoms with Crippen LogP contribution in [0.5, 0.6) is 0 Å². The van der Waals surface area contributed by atoms with Gasteiger partial charge in [-0.05, 0) is 60.3 Å². The maximum Gasteiger partial charge on any atom is 0.407 e. The molecule has 0 radical (unpaired) electrons. The van der Waals surface area contributed by atoms with Crippen LogP contribution in [0.15, 0.2) is 48.5 Å². The van der Waals surface area contributed by atoms with Crippen molar-refractivity contribution in [2.24, 2.45) is 11.8 Å². The number of carboxylic acid groups (broad SMARTS) is 1. The number of nitrogens with zero attached hydrogens (tertiary/aromatic N) is 1. The summed E-state index contributed by atoms with van der Waals surface area (Å²) in [5, 5.41) is 11.9. The molecule has 2 unspecified atom stereocenters. The van der Waals surface area contributed by atoms with Gasteiger partial charge >= 0.3 is 12.1 Å². The number of alkyl carbamates (subject to hydrolysis) is 1. The van der Waals surface area contributed by atoms with E-state index in [1.165, 1.54) is 22.3 Å². The topological polar surface area (TPSA) is 95.9 Å². The highest BCUT2D eigenvalue weighted by molar-refractivity contribution is 5.80. The molecule has 1 aliphatic heterocycles. The van der Waals surface area contributed by atoms with Crippen LogP contribution in [-0.2, 0) is 14.3 Å². The molecule has 2 amide bonds. The fraction of sp³-hybridized carbons (Fsp3) is 0.464. The second kappa shape index (κ2) is 10.1. The largest absolute Gasteiger partial charge is 0.481 e. The average Bonchev–Trinajstić information content (AvgIpc) is 3.45. The van der Waals surface area contributed by atoms with Gasteiger partial charge in [-0.1, -0.05) is 48.5 Å². The number of carbonyl (C=O) groups excluding carboxylic acids is 2. The Hall–Kier alpha value is -3.35. The molecule has 7 nitrogen and oxygen atoms in total. The first-order chi connectivity index (χ1) is 17.0. The third-order valence-electron chi connectivity index (χ3n) is 7.84. The summed E-state index contributed by atoms with van der Waals surface area (Å²) >= 11 is 0. The van der Waals surface area contributed by atoms with Crippen LogP contribution in [0.25, 0.3) is 11.1 Å². The van der Waals surface area contributed by atoms with Crippen molar-refractivity contribution < 1.29 is 24.2 Å². The van der Waals surface area contributed by atoms with Gasteiger partial charge in [0.1, 0.15) is 6.61 Å². The van der Waals surface area contributed by atoms with Crippen molar-refractivity contribution >= 4 is 18.0 Å². The van der Waals surface area contributed by atoms with Gasteiger partial charge in [0.2, 0.25) is 5.91 Å². The maximum atomic E-state index is 13.0. The Morgan fingerprint density at radius 3 is 2.17 bits per heavy atom. The molecule has 2 aromatic carbocycles. The number of piperidine rings is 1. The smallest absolute Gasteiger partial charge is 0.407 e. The number of hydrogen-bond acceptors (Lipinski definition) is 4. The van der Waals surface area contributed by atoms with Gasteiger partial charge in [0.05, 0.1) is 0 Å². The Kier molecular flexibility index (Phi) is 6.75. The quantitative estimate of drug-likeness (QED) is 0.644. The monoisotopic (exact) mass is 476 g/mol. The van der Waals surface area contributed by atoms with Crippen LogP contribution in [0.4, 0.5) is 4.79 Å². The number of rotatable bonds is 6. The van der Waals surface area contributed by atoms with Crippen LogP contribution >= 0.6 is 0 Å². The predicted octanol–water partition coefficient (Wildman–Crippen LogP) is 4.41. The molecule has 2 atom stereocenters. The van der Waals surface area contributed by atoms with Gasteiger partial charge in [-0.2, -0.15) is 0 Å². The summed E-state index contributed by atoms with van der Waals surface area (Å²) in [6.45, 7) is 1.52. The molecule has 3 aliphatic rings. The fourth-order valence-electron chi connectivity index (χ4n) is 6.01. The van der Waals surface area contributed by atoms with Crippen molar-refractivity contribution in [3.63, 3.8) is 0 Å². The number of carboxylic acids is 1. The number of hydrogen-bond donors (Lipinski definition) is 2. The van der Waals surface area contributed by atoms with E-state index in [1.807, 2.05) is 29.2 Å². The molecule has 1 saturated carbocycles. The SMILES string of the molecule is O=C(O)CC1CCN(C(=O)C2CCC(NC(=O)OCC3c4ccccc4-c4ccccc43)C2)CC1. The number of ether oxygens (including phenoxy) is 1. The van der Waals surface area contributed by atoms with E-state index in [2.05, 4.69) is 29.6 Å². The Labute approximate surface area is 205 Å². The van der Waals surface area contributed by atoms with Crippen molar-refractivity contribution in [2.75, 3.05) is 19.7 Å². The lowest BCUT2D eigenvalue weighted by Gasteiger charge is -2.33. The number of carbonyl (C=O) groups is 3. The van der Waals surface area contributed by atoms with Crippen LogP contribution < -0.4 is 5.32 Å². The minimum absolute atomic E-state index is 0.0232.